The van der Waals surface area contributed by atoms with Crippen LogP contribution in [0.2, 0.25) is 0 Å². The monoisotopic (exact) mass is 489 g/mol. The summed E-state index contributed by atoms with van der Waals surface area (Å²) < 4.78 is 5.56. The van der Waals surface area contributed by atoms with Gasteiger partial charge in [-0.25, -0.2) is 0 Å². The van der Waals surface area contributed by atoms with Gasteiger partial charge < -0.3 is 15.2 Å². The van der Waals surface area contributed by atoms with E-state index in [4.69, 9.17) is 4.74 Å². The van der Waals surface area contributed by atoms with E-state index < -0.39 is 0 Å². The second-order valence-electron chi connectivity index (χ2n) is 9.66. The number of hydrogen-bond acceptors (Lipinski definition) is 4. The minimum absolute atomic E-state index is 0.0224. The van der Waals surface area contributed by atoms with E-state index in [0.717, 1.165) is 65.0 Å². The number of aliphatic hydroxyl groups is 1. The minimum Gasteiger partial charge on any atom is -0.513 e. The van der Waals surface area contributed by atoms with Gasteiger partial charge in [0.15, 0.2) is 0 Å². The standard InChI is InChI=1S/C30H35NO3S/c1-18-6-15-28(34-5)27(16-18)24-9-7-22(8-10-24)17-26-20(3)35-21(4)29(26)30(33)31-25-13-11-23(12-14-25)19(2)32/h6-10,15-16,23,25,32H,2,11-14,17H2,1,3-5H3,(H,31,33). The van der Waals surface area contributed by atoms with Gasteiger partial charge in [-0.1, -0.05) is 42.5 Å². The molecule has 1 fully saturated rings. The fraction of sp³-hybridized carbons (Fsp3) is 0.367. The molecule has 1 aliphatic rings. The largest absolute Gasteiger partial charge is 0.513 e. The quantitative estimate of drug-likeness (QED) is 0.342. The molecular weight excluding hydrogens is 454 g/mol. The summed E-state index contributed by atoms with van der Waals surface area (Å²) in [7, 11) is 1.70. The molecule has 3 aromatic rings. The van der Waals surface area contributed by atoms with Crippen LogP contribution in [-0.4, -0.2) is 24.2 Å². The van der Waals surface area contributed by atoms with Crippen molar-refractivity contribution in [2.45, 2.75) is 58.9 Å². The molecular formula is C30H35NO3S. The van der Waals surface area contributed by atoms with E-state index >= 15 is 0 Å². The summed E-state index contributed by atoms with van der Waals surface area (Å²) in [6, 6.07) is 14.9. The van der Waals surface area contributed by atoms with Crippen LogP contribution in [0.5, 0.6) is 5.75 Å². The molecule has 0 radical (unpaired) electrons. The fourth-order valence-corrected chi connectivity index (χ4v) is 6.20. The van der Waals surface area contributed by atoms with Crippen molar-refractivity contribution < 1.29 is 14.6 Å². The van der Waals surface area contributed by atoms with Gasteiger partial charge in [-0.05, 0) is 81.7 Å². The normalized spacial score (nSPS) is 17.7. The summed E-state index contributed by atoms with van der Waals surface area (Å²) in [5.74, 6) is 1.32. The summed E-state index contributed by atoms with van der Waals surface area (Å²) >= 11 is 1.69. The van der Waals surface area contributed by atoms with E-state index in [1.54, 1.807) is 18.4 Å². The van der Waals surface area contributed by atoms with Gasteiger partial charge in [0.2, 0.25) is 0 Å². The Hall–Kier alpha value is -3.05. The number of amides is 1. The Kier molecular flexibility index (Phi) is 7.66. The molecule has 184 valence electrons. The summed E-state index contributed by atoms with van der Waals surface area (Å²) in [6.07, 6.45) is 4.20. The van der Waals surface area contributed by atoms with Crippen molar-refractivity contribution >= 4 is 17.2 Å². The second-order valence-corrected chi connectivity index (χ2v) is 11.1. The maximum Gasteiger partial charge on any atom is 0.252 e. The third kappa shape index (κ3) is 5.62. The number of carbonyl (C=O) groups is 1. The third-order valence-electron chi connectivity index (χ3n) is 7.15. The maximum atomic E-state index is 13.3. The molecule has 0 atom stereocenters. The topological polar surface area (TPSA) is 58.6 Å². The van der Waals surface area contributed by atoms with Gasteiger partial charge in [-0.15, -0.1) is 11.3 Å². The number of ether oxygens (including phenoxy) is 1. The van der Waals surface area contributed by atoms with Crippen LogP contribution in [0.3, 0.4) is 0 Å². The van der Waals surface area contributed by atoms with Crippen molar-refractivity contribution in [2.24, 2.45) is 5.92 Å². The summed E-state index contributed by atoms with van der Waals surface area (Å²) in [6.45, 7) is 9.90. The molecule has 2 aromatic carbocycles. The predicted octanol–water partition coefficient (Wildman–Crippen LogP) is 7.30. The lowest BCUT2D eigenvalue weighted by atomic mass is 9.85. The SMILES string of the molecule is C=C(O)C1CCC(NC(=O)c2c(C)sc(C)c2Cc2ccc(-c3cc(C)ccc3OC)cc2)CC1. The number of aliphatic hydroxyl groups excluding tert-OH is 1. The number of aryl methyl sites for hydroxylation is 3. The second kappa shape index (κ2) is 10.7. The highest BCUT2D eigenvalue weighted by molar-refractivity contribution is 7.12. The molecule has 1 aliphatic carbocycles. The van der Waals surface area contributed by atoms with Gasteiger partial charge in [0.25, 0.3) is 5.91 Å². The summed E-state index contributed by atoms with van der Waals surface area (Å²) in [5, 5.41) is 12.9. The molecule has 0 aliphatic heterocycles. The highest BCUT2D eigenvalue weighted by atomic mass is 32.1. The van der Waals surface area contributed by atoms with Crippen LogP contribution in [0.15, 0.2) is 54.8 Å². The number of thiophene rings is 1. The molecule has 1 saturated carbocycles. The van der Waals surface area contributed by atoms with Gasteiger partial charge in [-0.3, -0.25) is 4.79 Å². The molecule has 4 nitrogen and oxygen atoms in total. The van der Waals surface area contributed by atoms with Crippen molar-refractivity contribution in [1.29, 1.82) is 0 Å². The van der Waals surface area contributed by atoms with Crippen LogP contribution in [0.4, 0.5) is 0 Å². The van der Waals surface area contributed by atoms with Gasteiger partial charge in [0.1, 0.15) is 5.75 Å². The van der Waals surface area contributed by atoms with Gasteiger partial charge in [0, 0.05) is 27.3 Å². The number of allylic oxidation sites excluding steroid dienone is 1. The first kappa shape index (κ1) is 25.1. The first-order valence-corrected chi connectivity index (χ1v) is 13.1. The van der Waals surface area contributed by atoms with E-state index in [0.29, 0.717) is 0 Å². The van der Waals surface area contributed by atoms with Crippen LogP contribution >= 0.6 is 11.3 Å². The van der Waals surface area contributed by atoms with Gasteiger partial charge in [0.05, 0.1) is 18.4 Å². The molecule has 4 rings (SSSR count). The molecule has 35 heavy (non-hydrogen) atoms. The number of nitrogens with one attached hydrogen (secondary N) is 1. The molecule has 1 heterocycles. The predicted molar refractivity (Wildman–Crippen MR) is 145 cm³/mol. The van der Waals surface area contributed by atoms with Gasteiger partial charge in [-0.2, -0.15) is 0 Å². The van der Waals surface area contributed by atoms with Crippen molar-refractivity contribution in [1.82, 2.24) is 5.32 Å². The van der Waals surface area contributed by atoms with Crippen LogP contribution in [0.1, 0.15) is 62.5 Å². The first-order valence-electron chi connectivity index (χ1n) is 12.3. The van der Waals surface area contributed by atoms with Crippen molar-refractivity contribution in [3.63, 3.8) is 0 Å². The van der Waals surface area contributed by atoms with Crippen LogP contribution < -0.4 is 10.1 Å². The van der Waals surface area contributed by atoms with E-state index in [1.165, 1.54) is 16.0 Å². The molecule has 2 N–H and O–H groups in total. The average Bonchev–Trinajstić information content (AvgIpc) is 3.12. The van der Waals surface area contributed by atoms with Crippen LogP contribution in [0, 0.1) is 26.7 Å². The van der Waals surface area contributed by atoms with E-state index in [9.17, 15) is 9.90 Å². The Morgan fingerprint density at radius 2 is 1.74 bits per heavy atom. The summed E-state index contributed by atoms with van der Waals surface area (Å²) in [5.41, 5.74) is 6.51. The molecule has 1 amide bonds. The van der Waals surface area contributed by atoms with Crippen molar-refractivity contribution in [2.75, 3.05) is 7.11 Å². The Morgan fingerprint density at radius 3 is 2.37 bits per heavy atom. The van der Waals surface area contributed by atoms with Crippen molar-refractivity contribution in [3.05, 3.63) is 86.8 Å². The number of rotatable bonds is 7. The lowest BCUT2D eigenvalue weighted by molar-refractivity contribution is 0.0920. The highest BCUT2D eigenvalue weighted by Crippen LogP contribution is 2.34. The Balaban J connectivity index is 1.50. The van der Waals surface area contributed by atoms with Crippen molar-refractivity contribution in [3.8, 4) is 16.9 Å². The molecule has 0 bridgehead atoms. The fourth-order valence-electron chi connectivity index (χ4n) is 5.12. The Labute approximate surface area is 212 Å². The number of methoxy groups -OCH3 is 1. The van der Waals surface area contributed by atoms with E-state index in [2.05, 4.69) is 62.1 Å². The Morgan fingerprint density at radius 1 is 1.06 bits per heavy atom. The van der Waals surface area contributed by atoms with E-state index in [-0.39, 0.29) is 23.6 Å². The zero-order chi connectivity index (χ0) is 25.1. The van der Waals surface area contributed by atoms with Crippen LogP contribution in [-0.2, 0) is 6.42 Å². The lowest BCUT2D eigenvalue weighted by Crippen LogP contribution is -2.38. The summed E-state index contributed by atoms with van der Waals surface area (Å²) in [4.78, 5) is 15.6. The smallest absolute Gasteiger partial charge is 0.252 e. The molecule has 0 unspecified atom stereocenters. The Bertz CT molecular complexity index is 1220. The number of hydrogen-bond donors (Lipinski definition) is 2. The first-order chi connectivity index (χ1) is 16.8. The number of carbonyl (C=O) groups excluding carboxylic acids is 1. The van der Waals surface area contributed by atoms with Crippen LogP contribution in [0.25, 0.3) is 11.1 Å². The lowest BCUT2D eigenvalue weighted by Gasteiger charge is -2.28. The molecule has 0 saturated heterocycles. The third-order valence-corrected chi connectivity index (χ3v) is 8.21. The van der Waals surface area contributed by atoms with Gasteiger partial charge >= 0.3 is 0 Å². The highest BCUT2D eigenvalue weighted by Gasteiger charge is 2.26. The number of benzene rings is 2. The maximum absolute atomic E-state index is 13.3. The zero-order valence-corrected chi connectivity index (χ0v) is 21.9. The molecule has 5 heteroatoms. The zero-order valence-electron chi connectivity index (χ0n) is 21.1. The minimum atomic E-state index is 0.0224. The van der Waals surface area contributed by atoms with E-state index in [1.807, 2.05) is 13.0 Å². The molecule has 0 spiro atoms. The molecule has 1 aromatic heterocycles. The average molecular weight is 490 g/mol.